The molecule has 1 aliphatic rings. The molecule has 0 radical (unpaired) electrons. The summed E-state index contributed by atoms with van der Waals surface area (Å²) in [5, 5.41) is 62.7. The van der Waals surface area contributed by atoms with E-state index in [4.69, 9.17) is 0 Å². The fourth-order valence-corrected chi connectivity index (χ4v) is 3.45. The normalized spacial score (nSPS) is 18.5. The van der Waals surface area contributed by atoms with Crippen molar-refractivity contribution < 1.29 is 40.2 Å². The van der Waals surface area contributed by atoms with Crippen molar-refractivity contribution in [3.63, 3.8) is 0 Å². The van der Waals surface area contributed by atoms with Crippen LogP contribution in [-0.2, 0) is 0 Å². The molecule has 0 bridgehead atoms. The van der Waals surface area contributed by atoms with Gasteiger partial charge in [-0.1, -0.05) is 12.8 Å². The van der Waals surface area contributed by atoms with E-state index in [0.29, 0.717) is 12.8 Å². The lowest BCUT2D eigenvalue weighted by atomic mass is 9.89. The number of carbonyl (C=O) groups excluding carboxylic acids is 2. The molecule has 160 valence electrons. The van der Waals surface area contributed by atoms with Crippen LogP contribution in [0, 0.1) is 0 Å². The first kappa shape index (κ1) is 20.9. The van der Waals surface area contributed by atoms with E-state index in [1.807, 2.05) is 0 Å². The molecule has 8 N–H and O–H groups in total. The van der Waals surface area contributed by atoms with Crippen LogP contribution in [0.4, 0.5) is 0 Å². The topological polar surface area (TPSA) is 180 Å². The Balaban J connectivity index is 1.73. The number of carbonyl (C=O) groups is 2. The van der Waals surface area contributed by atoms with Crippen LogP contribution < -0.4 is 10.6 Å². The van der Waals surface area contributed by atoms with E-state index in [9.17, 15) is 40.2 Å². The van der Waals surface area contributed by atoms with Crippen LogP contribution in [-0.4, -0.2) is 54.5 Å². The molecular formula is C20H22N2O8. The highest BCUT2D eigenvalue weighted by Crippen LogP contribution is 2.36. The first-order chi connectivity index (χ1) is 14.2. The van der Waals surface area contributed by atoms with Gasteiger partial charge in [-0.3, -0.25) is 9.59 Å². The zero-order valence-electron chi connectivity index (χ0n) is 15.8. The monoisotopic (exact) mass is 418 g/mol. The summed E-state index contributed by atoms with van der Waals surface area (Å²) in [5.74, 6) is -5.22. The van der Waals surface area contributed by atoms with Gasteiger partial charge in [0.15, 0.2) is 34.5 Å². The lowest BCUT2D eigenvalue weighted by Crippen LogP contribution is -2.53. The Morgan fingerprint density at radius 3 is 1.23 bits per heavy atom. The van der Waals surface area contributed by atoms with Crippen LogP contribution in [0.15, 0.2) is 24.3 Å². The van der Waals surface area contributed by atoms with Crippen molar-refractivity contribution in [3.8, 4) is 34.5 Å². The molecule has 2 aromatic carbocycles. The van der Waals surface area contributed by atoms with Gasteiger partial charge >= 0.3 is 0 Å². The first-order valence-corrected chi connectivity index (χ1v) is 9.29. The highest BCUT2D eigenvalue weighted by molar-refractivity contribution is 5.97. The smallest absolute Gasteiger partial charge is 0.251 e. The number of hydrogen-bond donors (Lipinski definition) is 8. The molecule has 3 rings (SSSR count). The van der Waals surface area contributed by atoms with Crippen molar-refractivity contribution in [2.24, 2.45) is 0 Å². The molecule has 0 aliphatic heterocycles. The molecule has 30 heavy (non-hydrogen) atoms. The molecular weight excluding hydrogens is 396 g/mol. The predicted octanol–water partition coefficient (Wildman–Crippen LogP) is 1.39. The molecule has 1 aliphatic carbocycles. The Bertz CT molecular complexity index is 865. The van der Waals surface area contributed by atoms with Gasteiger partial charge in [0.25, 0.3) is 11.8 Å². The fourth-order valence-electron chi connectivity index (χ4n) is 3.45. The van der Waals surface area contributed by atoms with E-state index in [2.05, 4.69) is 10.6 Å². The van der Waals surface area contributed by atoms with Gasteiger partial charge in [-0.05, 0) is 37.1 Å². The van der Waals surface area contributed by atoms with Crippen LogP contribution in [0.5, 0.6) is 34.5 Å². The molecule has 0 unspecified atom stereocenters. The second kappa shape index (κ2) is 8.27. The molecule has 2 amide bonds. The van der Waals surface area contributed by atoms with Crippen molar-refractivity contribution in [1.29, 1.82) is 0 Å². The van der Waals surface area contributed by atoms with Crippen molar-refractivity contribution in [1.82, 2.24) is 10.6 Å². The number of benzene rings is 2. The van der Waals surface area contributed by atoms with E-state index < -0.39 is 58.4 Å². The van der Waals surface area contributed by atoms with E-state index in [-0.39, 0.29) is 11.1 Å². The average molecular weight is 418 g/mol. The van der Waals surface area contributed by atoms with E-state index in [1.165, 1.54) is 0 Å². The molecule has 1 fully saturated rings. The molecule has 2 aromatic rings. The SMILES string of the molecule is O=C(N[C@@H]1CCCC[C@H]1NC(=O)c1cc(O)c(O)c(O)c1)c1cc(O)c(O)c(O)c1. The Kier molecular flexibility index (Phi) is 5.77. The van der Waals surface area contributed by atoms with Crippen LogP contribution in [0.2, 0.25) is 0 Å². The average Bonchev–Trinajstić information content (AvgIpc) is 2.70. The summed E-state index contributed by atoms with van der Waals surface area (Å²) in [4.78, 5) is 25.1. The summed E-state index contributed by atoms with van der Waals surface area (Å²) in [6.45, 7) is 0. The first-order valence-electron chi connectivity index (χ1n) is 9.29. The second-order valence-corrected chi connectivity index (χ2v) is 7.17. The molecule has 0 aromatic heterocycles. The quantitative estimate of drug-likeness (QED) is 0.343. The number of phenolic OH excluding ortho intramolecular Hbond substituents is 6. The summed E-state index contributed by atoms with van der Waals surface area (Å²) in [6, 6.07) is 3.16. The van der Waals surface area contributed by atoms with Crippen molar-refractivity contribution >= 4 is 11.8 Å². The maximum atomic E-state index is 12.5. The van der Waals surface area contributed by atoms with Crippen LogP contribution >= 0.6 is 0 Å². The molecule has 0 saturated heterocycles. The Morgan fingerprint density at radius 1 is 0.633 bits per heavy atom. The Hall–Kier alpha value is -3.82. The van der Waals surface area contributed by atoms with Crippen molar-refractivity contribution in [2.75, 3.05) is 0 Å². The molecule has 2 atom stereocenters. The molecule has 10 heteroatoms. The second-order valence-electron chi connectivity index (χ2n) is 7.17. The zero-order valence-corrected chi connectivity index (χ0v) is 15.8. The fraction of sp³-hybridized carbons (Fsp3) is 0.300. The summed E-state index contributed by atoms with van der Waals surface area (Å²) in [5.41, 5.74) is -0.126. The van der Waals surface area contributed by atoms with Crippen LogP contribution in [0.1, 0.15) is 46.4 Å². The largest absolute Gasteiger partial charge is 0.504 e. The predicted molar refractivity (Wildman–Crippen MR) is 104 cm³/mol. The van der Waals surface area contributed by atoms with Gasteiger partial charge in [0.1, 0.15) is 0 Å². The van der Waals surface area contributed by atoms with Gasteiger partial charge in [-0.25, -0.2) is 0 Å². The highest BCUT2D eigenvalue weighted by Gasteiger charge is 2.29. The summed E-state index contributed by atoms with van der Waals surface area (Å²) in [6.07, 6.45) is 2.76. The molecule has 1 saturated carbocycles. The zero-order chi connectivity index (χ0) is 22.0. The van der Waals surface area contributed by atoms with Gasteiger partial charge in [-0.15, -0.1) is 0 Å². The molecule has 10 nitrogen and oxygen atoms in total. The van der Waals surface area contributed by atoms with E-state index >= 15 is 0 Å². The maximum absolute atomic E-state index is 12.5. The summed E-state index contributed by atoms with van der Waals surface area (Å²) >= 11 is 0. The third kappa shape index (κ3) is 4.27. The number of aromatic hydroxyl groups is 6. The lowest BCUT2D eigenvalue weighted by molar-refractivity contribution is 0.0862. The van der Waals surface area contributed by atoms with Crippen molar-refractivity contribution in [3.05, 3.63) is 35.4 Å². The Morgan fingerprint density at radius 2 is 0.933 bits per heavy atom. The third-order valence-corrected chi connectivity index (χ3v) is 5.06. The number of nitrogens with one attached hydrogen (secondary N) is 2. The number of phenols is 6. The lowest BCUT2D eigenvalue weighted by Gasteiger charge is -2.33. The van der Waals surface area contributed by atoms with Gasteiger partial charge in [0.05, 0.1) is 0 Å². The maximum Gasteiger partial charge on any atom is 0.251 e. The number of rotatable bonds is 4. The van der Waals surface area contributed by atoms with E-state index in [1.54, 1.807) is 0 Å². The van der Waals surface area contributed by atoms with Crippen LogP contribution in [0.25, 0.3) is 0 Å². The van der Waals surface area contributed by atoms with Gasteiger partial charge in [-0.2, -0.15) is 0 Å². The number of hydrogen-bond acceptors (Lipinski definition) is 8. The molecule has 0 heterocycles. The highest BCUT2D eigenvalue weighted by atomic mass is 16.3. The number of amides is 2. The standard InChI is InChI=1S/C20H22N2O8/c23-13-5-9(6-14(24)17(13)27)19(29)21-11-3-1-2-4-12(11)22-20(30)10-7-15(25)18(28)16(26)8-10/h5-8,11-12,23-28H,1-4H2,(H,21,29)(H,22,30)/t11-,12-/m1/s1. The minimum absolute atomic E-state index is 0.0631. The minimum Gasteiger partial charge on any atom is -0.504 e. The summed E-state index contributed by atoms with van der Waals surface area (Å²) < 4.78 is 0. The van der Waals surface area contributed by atoms with E-state index in [0.717, 1.165) is 37.1 Å². The van der Waals surface area contributed by atoms with Crippen LogP contribution in [0.3, 0.4) is 0 Å². The third-order valence-electron chi connectivity index (χ3n) is 5.06. The van der Waals surface area contributed by atoms with Crippen molar-refractivity contribution in [2.45, 2.75) is 37.8 Å². The Labute approximate surface area is 171 Å². The van der Waals surface area contributed by atoms with Gasteiger partial charge in [0, 0.05) is 23.2 Å². The molecule has 0 spiro atoms. The van der Waals surface area contributed by atoms with Gasteiger partial charge < -0.3 is 41.3 Å². The van der Waals surface area contributed by atoms with Gasteiger partial charge in [0.2, 0.25) is 0 Å². The minimum atomic E-state index is -0.727. The summed E-state index contributed by atoms with van der Waals surface area (Å²) in [7, 11) is 0.